The average molecular weight is 393 g/mol. The van der Waals surface area contributed by atoms with Gasteiger partial charge >= 0.3 is 0 Å². The van der Waals surface area contributed by atoms with Gasteiger partial charge in [-0.1, -0.05) is 30.3 Å². The first-order valence-corrected chi connectivity index (χ1v) is 9.69. The van der Waals surface area contributed by atoms with Gasteiger partial charge in [-0.25, -0.2) is 19.5 Å². The summed E-state index contributed by atoms with van der Waals surface area (Å²) in [5, 5.41) is 14.2. The van der Waals surface area contributed by atoms with Gasteiger partial charge < -0.3 is 4.90 Å². The number of aromatic nitrogens is 3. The maximum atomic E-state index is 9.64. The summed E-state index contributed by atoms with van der Waals surface area (Å²) in [6.07, 6.45) is 0. The SMILES string of the molecule is [C-]#[N+]C1=C(C#N)c2nc(-c3ccccc3)nn2/C1=N\c1ccc(N(CC)CC)cc1. The molecule has 0 bridgehead atoms. The van der Waals surface area contributed by atoms with E-state index in [1.165, 1.54) is 4.68 Å². The van der Waals surface area contributed by atoms with E-state index >= 15 is 0 Å². The minimum absolute atomic E-state index is 0.167. The summed E-state index contributed by atoms with van der Waals surface area (Å²) in [5.41, 5.74) is 2.99. The molecule has 2 heterocycles. The van der Waals surface area contributed by atoms with Crippen molar-refractivity contribution in [1.29, 1.82) is 5.26 Å². The van der Waals surface area contributed by atoms with Crippen LogP contribution < -0.4 is 4.90 Å². The van der Waals surface area contributed by atoms with Gasteiger partial charge in [-0.3, -0.25) is 0 Å². The lowest BCUT2D eigenvalue weighted by Crippen LogP contribution is -2.21. The average Bonchev–Trinajstić information content (AvgIpc) is 3.34. The number of rotatable bonds is 5. The molecule has 146 valence electrons. The van der Waals surface area contributed by atoms with Crippen molar-refractivity contribution in [2.45, 2.75) is 13.8 Å². The molecule has 1 aliphatic heterocycles. The number of fused-ring (bicyclic) bond motifs is 1. The van der Waals surface area contributed by atoms with Crippen molar-refractivity contribution in [1.82, 2.24) is 14.8 Å². The summed E-state index contributed by atoms with van der Waals surface area (Å²) in [5.74, 6) is 1.16. The Kier molecular flexibility index (Phi) is 5.11. The number of aliphatic imine (C=N–C) groups is 1. The summed E-state index contributed by atoms with van der Waals surface area (Å²) in [4.78, 5) is 14.9. The Labute approximate surface area is 175 Å². The standard InChI is InChI=1S/C23H19N7/c1-4-29(5-2)18-13-11-17(12-14-18)26-23-20(25-3)19(15-24)22-27-21(28-30(22)23)16-9-7-6-8-10-16/h6-14H,4-5H2,1-2H3/b26-23-. The van der Waals surface area contributed by atoms with Crippen LogP contribution in [0.3, 0.4) is 0 Å². The van der Waals surface area contributed by atoms with Crippen molar-refractivity contribution < 1.29 is 0 Å². The fraction of sp³-hybridized carbons (Fsp3) is 0.174. The molecular weight excluding hydrogens is 374 g/mol. The highest BCUT2D eigenvalue weighted by Gasteiger charge is 2.32. The van der Waals surface area contributed by atoms with E-state index < -0.39 is 0 Å². The van der Waals surface area contributed by atoms with Crippen molar-refractivity contribution >= 4 is 22.8 Å². The lowest BCUT2D eigenvalue weighted by atomic mass is 10.2. The number of hydrogen-bond donors (Lipinski definition) is 0. The van der Waals surface area contributed by atoms with Crippen LogP contribution in [-0.4, -0.2) is 33.7 Å². The molecule has 0 unspecified atom stereocenters. The minimum Gasteiger partial charge on any atom is -0.372 e. The number of anilines is 1. The minimum atomic E-state index is 0.167. The van der Waals surface area contributed by atoms with E-state index in [9.17, 15) is 5.26 Å². The van der Waals surface area contributed by atoms with Gasteiger partial charge in [0.25, 0.3) is 5.70 Å². The van der Waals surface area contributed by atoms with Gasteiger partial charge in [0.05, 0.1) is 18.3 Å². The van der Waals surface area contributed by atoms with Crippen molar-refractivity contribution in [2.24, 2.45) is 4.99 Å². The molecule has 4 rings (SSSR count). The normalized spacial score (nSPS) is 13.8. The van der Waals surface area contributed by atoms with Crippen LogP contribution in [0.1, 0.15) is 19.7 Å². The van der Waals surface area contributed by atoms with Gasteiger partial charge in [-0.05, 0) is 38.1 Å². The first kappa shape index (κ1) is 19.1. The van der Waals surface area contributed by atoms with E-state index in [1.807, 2.05) is 54.6 Å². The maximum absolute atomic E-state index is 9.64. The highest BCUT2D eigenvalue weighted by atomic mass is 15.4. The van der Waals surface area contributed by atoms with Crippen LogP contribution in [0.2, 0.25) is 0 Å². The summed E-state index contributed by atoms with van der Waals surface area (Å²) < 4.78 is 1.49. The molecule has 0 atom stereocenters. The second-order valence-electron chi connectivity index (χ2n) is 6.61. The molecule has 0 saturated carbocycles. The Morgan fingerprint density at radius 1 is 1.10 bits per heavy atom. The predicted molar refractivity (Wildman–Crippen MR) is 117 cm³/mol. The Hall–Kier alpha value is -4.23. The Balaban J connectivity index is 1.79. The van der Waals surface area contributed by atoms with Crippen LogP contribution in [0.25, 0.3) is 21.8 Å². The van der Waals surface area contributed by atoms with E-state index in [0.29, 0.717) is 23.2 Å². The molecule has 1 aliphatic rings. The van der Waals surface area contributed by atoms with Crippen LogP contribution in [0.4, 0.5) is 11.4 Å². The third-order valence-corrected chi connectivity index (χ3v) is 4.95. The predicted octanol–water partition coefficient (Wildman–Crippen LogP) is 4.54. The molecule has 7 nitrogen and oxygen atoms in total. The van der Waals surface area contributed by atoms with Gasteiger partial charge in [0.15, 0.2) is 17.5 Å². The van der Waals surface area contributed by atoms with E-state index in [-0.39, 0.29) is 11.3 Å². The number of benzene rings is 2. The fourth-order valence-electron chi connectivity index (χ4n) is 3.41. The van der Waals surface area contributed by atoms with Crippen LogP contribution in [0.15, 0.2) is 65.3 Å². The summed E-state index contributed by atoms with van der Waals surface area (Å²) in [6.45, 7) is 13.6. The molecule has 0 saturated heterocycles. The van der Waals surface area contributed by atoms with Crippen molar-refractivity contribution in [3.8, 4) is 17.5 Å². The molecule has 0 spiro atoms. The van der Waals surface area contributed by atoms with Crippen molar-refractivity contribution in [3.05, 3.63) is 77.5 Å². The van der Waals surface area contributed by atoms with Crippen molar-refractivity contribution in [2.75, 3.05) is 18.0 Å². The van der Waals surface area contributed by atoms with Gasteiger partial charge in [0.1, 0.15) is 5.57 Å². The van der Waals surface area contributed by atoms with E-state index in [2.05, 4.69) is 44.7 Å². The largest absolute Gasteiger partial charge is 0.372 e. The molecule has 7 heteroatoms. The second kappa shape index (κ2) is 8.02. The first-order valence-electron chi connectivity index (χ1n) is 9.69. The lowest BCUT2D eigenvalue weighted by Gasteiger charge is -2.20. The van der Waals surface area contributed by atoms with Gasteiger partial charge in [-0.15, -0.1) is 5.10 Å². The number of nitriles is 1. The lowest BCUT2D eigenvalue weighted by molar-refractivity contribution is 0.866. The molecule has 1 aromatic heterocycles. The van der Waals surface area contributed by atoms with Gasteiger partial charge in [0.2, 0.25) is 0 Å². The third-order valence-electron chi connectivity index (χ3n) is 4.95. The second-order valence-corrected chi connectivity index (χ2v) is 6.61. The fourth-order valence-corrected chi connectivity index (χ4v) is 3.41. The summed E-state index contributed by atoms with van der Waals surface area (Å²) >= 11 is 0. The van der Waals surface area contributed by atoms with Crippen LogP contribution in [0.5, 0.6) is 0 Å². The van der Waals surface area contributed by atoms with Crippen LogP contribution in [-0.2, 0) is 0 Å². The van der Waals surface area contributed by atoms with Crippen LogP contribution in [0, 0.1) is 17.9 Å². The number of hydrogen-bond acceptors (Lipinski definition) is 5. The van der Waals surface area contributed by atoms with E-state index in [1.54, 1.807) is 0 Å². The maximum Gasteiger partial charge on any atom is 0.251 e. The molecular formula is C23H19N7. The quantitative estimate of drug-likeness (QED) is 0.597. The molecule has 0 fully saturated rings. The first-order chi connectivity index (χ1) is 14.7. The van der Waals surface area contributed by atoms with E-state index in [0.717, 1.165) is 24.3 Å². The molecule has 0 radical (unpaired) electrons. The zero-order valence-electron chi connectivity index (χ0n) is 16.7. The highest BCUT2D eigenvalue weighted by molar-refractivity contribution is 6.15. The summed E-state index contributed by atoms with van der Waals surface area (Å²) in [6, 6.07) is 19.4. The topological polar surface area (TPSA) is 74.5 Å². The van der Waals surface area contributed by atoms with E-state index in [4.69, 9.17) is 6.57 Å². The summed E-state index contributed by atoms with van der Waals surface area (Å²) in [7, 11) is 0. The van der Waals surface area contributed by atoms with Gasteiger partial charge in [0, 0.05) is 24.3 Å². The molecule has 0 aliphatic carbocycles. The molecule has 30 heavy (non-hydrogen) atoms. The highest BCUT2D eigenvalue weighted by Crippen LogP contribution is 2.31. The molecule has 0 amide bonds. The van der Waals surface area contributed by atoms with Crippen LogP contribution >= 0.6 is 0 Å². The zero-order chi connectivity index (χ0) is 21.1. The molecule has 3 aromatic rings. The molecule has 0 N–H and O–H groups in total. The van der Waals surface area contributed by atoms with Crippen molar-refractivity contribution in [3.63, 3.8) is 0 Å². The molecule has 2 aromatic carbocycles. The Bertz CT molecular complexity index is 1220. The smallest absolute Gasteiger partial charge is 0.251 e. The third kappa shape index (κ3) is 3.23. The van der Waals surface area contributed by atoms with Gasteiger partial charge in [-0.2, -0.15) is 5.26 Å². The monoisotopic (exact) mass is 393 g/mol. The Morgan fingerprint density at radius 2 is 1.80 bits per heavy atom. The zero-order valence-corrected chi connectivity index (χ0v) is 16.7. The number of allylic oxidation sites excluding steroid dienone is 2. The Morgan fingerprint density at radius 3 is 2.40 bits per heavy atom. The number of nitrogens with zero attached hydrogens (tertiary/aromatic N) is 7.